The molecule has 0 saturated carbocycles. The molecule has 2 rings (SSSR count). The van der Waals surface area contributed by atoms with E-state index in [0.29, 0.717) is 13.0 Å². The molecule has 1 fully saturated rings. The lowest BCUT2D eigenvalue weighted by Gasteiger charge is -2.31. The summed E-state index contributed by atoms with van der Waals surface area (Å²) in [5.74, 6) is 0.207. The van der Waals surface area contributed by atoms with Crippen LogP contribution in [0.4, 0.5) is 0 Å². The van der Waals surface area contributed by atoms with Crippen molar-refractivity contribution in [2.75, 3.05) is 20.1 Å². The van der Waals surface area contributed by atoms with Gasteiger partial charge in [-0.15, -0.1) is 0 Å². The molecule has 1 unspecified atom stereocenters. The first-order valence-corrected chi connectivity index (χ1v) is 6.59. The molecule has 1 aromatic rings. The Morgan fingerprint density at radius 3 is 2.61 bits per heavy atom. The molecule has 98 valence electrons. The van der Waals surface area contributed by atoms with E-state index >= 15 is 0 Å². The third kappa shape index (κ3) is 2.41. The fraction of sp³-hybridized carbons (Fsp3) is 0.533. The van der Waals surface area contributed by atoms with Gasteiger partial charge in [0.1, 0.15) is 0 Å². The van der Waals surface area contributed by atoms with Crippen LogP contribution in [-0.4, -0.2) is 30.9 Å². The molecular weight excluding hydrogens is 224 g/mol. The molecule has 0 spiro atoms. The molecule has 18 heavy (non-hydrogen) atoms. The third-order valence-electron chi connectivity index (χ3n) is 4.12. The van der Waals surface area contributed by atoms with E-state index in [2.05, 4.69) is 31.2 Å². The van der Waals surface area contributed by atoms with Crippen LogP contribution in [0.3, 0.4) is 0 Å². The number of hydrogen-bond acceptors (Lipinski definition) is 2. The standard InChI is InChI=1S/C15H22N2O/c1-12-4-6-13(7-5-12)15(11-16)8-3-9-17(2)14(18)10-15/h4-7H,3,8-11,16H2,1-2H3. The number of nitrogens with two attached hydrogens (primary N) is 1. The Kier molecular flexibility index (Phi) is 3.71. The van der Waals surface area contributed by atoms with Gasteiger partial charge in [0.05, 0.1) is 0 Å². The fourth-order valence-electron chi connectivity index (χ4n) is 2.74. The van der Waals surface area contributed by atoms with E-state index in [9.17, 15) is 4.79 Å². The van der Waals surface area contributed by atoms with Crippen molar-refractivity contribution in [2.24, 2.45) is 5.73 Å². The Labute approximate surface area is 109 Å². The summed E-state index contributed by atoms with van der Waals surface area (Å²) in [4.78, 5) is 13.9. The summed E-state index contributed by atoms with van der Waals surface area (Å²) in [6, 6.07) is 8.46. The van der Waals surface area contributed by atoms with E-state index in [-0.39, 0.29) is 11.3 Å². The molecule has 0 bridgehead atoms. The van der Waals surface area contributed by atoms with Crippen molar-refractivity contribution in [3.8, 4) is 0 Å². The van der Waals surface area contributed by atoms with Crippen LogP contribution in [0.25, 0.3) is 0 Å². The normalized spacial score (nSPS) is 25.1. The predicted octanol–water partition coefficient (Wildman–Crippen LogP) is 1.83. The predicted molar refractivity (Wildman–Crippen MR) is 73.4 cm³/mol. The van der Waals surface area contributed by atoms with Gasteiger partial charge < -0.3 is 10.6 Å². The van der Waals surface area contributed by atoms with Crippen molar-refractivity contribution in [1.82, 2.24) is 4.90 Å². The van der Waals surface area contributed by atoms with E-state index in [1.807, 2.05) is 11.9 Å². The molecular formula is C15H22N2O. The van der Waals surface area contributed by atoms with E-state index in [1.54, 1.807) is 0 Å². The number of aryl methyl sites for hydroxylation is 1. The average Bonchev–Trinajstić information content (AvgIpc) is 2.51. The third-order valence-corrected chi connectivity index (χ3v) is 4.12. The largest absolute Gasteiger partial charge is 0.346 e. The van der Waals surface area contributed by atoms with Crippen LogP contribution < -0.4 is 5.73 Å². The van der Waals surface area contributed by atoms with Crippen LogP contribution in [0.1, 0.15) is 30.4 Å². The minimum Gasteiger partial charge on any atom is -0.346 e. The van der Waals surface area contributed by atoms with Gasteiger partial charge in [-0.25, -0.2) is 0 Å². The highest BCUT2D eigenvalue weighted by molar-refractivity contribution is 5.78. The zero-order valence-corrected chi connectivity index (χ0v) is 11.3. The second kappa shape index (κ2) is 5.11. The number of rotatable bonds is 2. The van der Waals surface area contributed by atoms with Gasteiger partial charge in [0.25, 0.3) is 0 Å². The first-order valence-electron chi connectivity index (χ1n) is 6.59. The minimum absolute atomic E-state index is 0.171. The summed E-state index contributed by atoms with van der Waals surface area (Å²) in [6.45, 7) is 3.45. The van der Waals surface area contributed by atoms with Gasteiger partial charge in [-0.3, -0.25) is 4.79 Å². The highest BCUT2D eigenvalue weighted by Gasteiger charge is 2.36. The maximum atomic E-state index is 12.1. The Morgan fingerprint density at radius 2 is 2.00 bits per heavy atom. The van der Waals surface area contributed by atoms with Crippen molar-refractivity contribution in [3.63, 3.8) is 0 Å². The monoisotopic (exact) mass is 246 g/mol. The van der Waals surface area contributed by atoms with Crippen molar-refractivity contribution in [1.29, 1.82) is 0 Å². The lowest BCUT2D eigenvalue weighted by atomic mass is 9.74. The lowest BCUT2D eigenvalue weighted by Crippen LogP contribution is -2.38. The molecule has 1 saturated heterocycles. The zero-order valence-electron chi connectivity index (χ0n) is 11.3. The van der Waals surface area contributed by atoms with Crippen LogP contribution in [-0.2, 0) is 10.2 Å². The molecule has 0 aromatic heterocycles. The summed E-state index contributed by atoms with van der Waals surface area (Å²) in [6.07, 6.45) is 2.54. The van der Waals surface area contributed by atoms with Crippen molar-refractivity contribution in [2.45, 2.75) is 31.6 Å². The summed E-state index contributed by atoms with van der Waals surface area (Å²) < 4.78 is 0. The number of hydrogen-bond donors (Lipinski definition) is 1. The number of carbonyl (C=O) groups excluding carboxylic acids is 1. The van der Waals surface area contributed by atoms with Gasteiger partial charge in [0, 0.05) is 32.0 Å². The quantitative estimate of drug-likeness (QED) is 0.865. The Hall–Kier alpha value is -1.35. The Bertz CT molecular complexity index is 427. The average molecular weight is 246 g/mol. The van der Waals surface area contributed by atoms with E-state index < -0.39 is 0 Å². The fourth-order valence-corrected chi connectivity index (χ4v) is 2.74. The van der Waals surface area contributed by atoms with Gasteiger partial charge in [-0.2, -0.15) is 0 Å². The van der Waals surface area contributed by atoms with Crippen LogP contribution in [0.15, 0.2) is 24.3 Å². The molecule has 1 amide bonds. The van der Waals surface area contributed by atoms with Crippen LogP contribution in [0, 0.1) is 6.92 Å². The van der Waals surface area contributed by atoms with Crippen molar-refractivity contribution in [3.05, 3.63) is 35.4 Å². The molecule has 0 radical (unpaired) electrons. The van der Waals surface area contributed by atoms with E-state index in [1.165, 1.54) is 11.1 Å². The van der Waals surface area contributed by atoms with Crippen LogP contribution in [0.2, 0.25) is 0 Å². The molecule has 3 nitrogen and oxygen atoms in total. The number of nitrogens with zero attached hydrogens (tertiary/aromatic N) is 1. The molecule has 0 aliphatic carbocycles. The van der Waals surface area contributed by atoms with Gasteiger partial charge in [0.2, 0.25) is 5.91 Å². The summed E-state index contributed by atoms with van der Waals surface area (Å²) >= 11 is 0. The minimum atomic E-state index is -0.171. The number of amides is 1. The van der Waals surface area contributed by atoms with Crippen molar-refractivity contribution < 1.29 is 4.79 Å². The van der Waals surface area contributed by atoms with E-state index in [4.69, 9.17) is 5.73 Å². The molecule has 1 aliphatic rings. The smallest absolute Gasteiger partial charge is 0.223 e. The maximum Gasteiger partial charge on any atom is 0.223 e. The first-order chi connectivity index (χ1) is 8.57. The van der Waals surface area contributed by atoms with Crippen LogP contribution >= 0.6 is 0 Å². The van der Waals surface area contributed by atoms with Gasteiger partial charge in [-0.05, 0) is 25.3 Å². The lowest BCUT2D eigenvalue weighted by molar-refractivity contribution is -0.130. The summed E-state index contributed by atoms with van der Waals surface area (Å²) in [5.41, 5.74) is 8.29. The zero-order chi connectivity index (χ0) is 13.2. The number of likely N-dealkylation sites (tertiary alicyclic amines) is 1. The summed E-state index contributed by atoms with van der Waals surface area (Å²) in [7, 11) is 1.88. The van der Waals surface area contributed by atoms with Gasteiger partial charge >= 0.3 is 0 Å². The van der Waals surface area contributed by atoms with Gasteiger partial charge in [0.15, 0.2) is 0 Å². The molecule has 1 aromatic carbocycles. The Morgan fingerprint density at radius 1 is 1.33 bits per heavy atom. The second-order valence-electron chi connectivity index (χ2n) is 5.45. The molecule has 1 atom stereocenters. The number of carbonyl (C=O) groups is 1. The maximum absolute atomic E-state index is 12.1. The SMILES string of the molecule is Cc1ccc(C2(CN)CCCN(C)C(=O)C2)cc1. The highest BCUT2D eigenvalue weighted by atomic mass is 16.2. The topological polar surface area (TPSA) is 46.3 Å². The molecule has 3 heteroatoms. The van der Waals surface area contributed by atoms with Crippen molar-refractivity contribution >= 4 is 5.91 Å². The molecule has 1 aliphatic heterocycles. The highest BCUT2D eigenvalue weighted by Crippen LogP contribution is 2.35. The number of benzene rings is 1. The first kappa shape index (κ1) is 13.1. The van der Waals surface area contributed by atoms with E-state index in [0.717, 1.165) is 19.4 Å². The molecule has 2 N–H and O–H groups in total. The van der Waals surface area contributed by atoms with Gasteiger partial charge in [-0.1, -0.05) is 29.8 Å². The Balaban J connectivity index is 2.34. The summed E-state index contributed by atoms with van der Waals surface area (Å²) in [5, 5.41) is 0. The van der Waals surface area contributed by atoms with Crippen LogP contribution in [0.5, 0.6) is 0 Å². The molecule has 1 heterocycles. The second-order valence-corrected chi connectivity index (χ2v) is 5.45.